The predicted molar refractivity (Wildman–Crippen MR) is 84.1 cm³/mol. The van der Waals surface area contributed by atoms with Crippen LogP contribution >= 0.6 is 0 Å². The lowest BCUT2D eigenvalue weighted by Gasteiger charge is -2.38. The summed E-state index contributed by atoms with van der Waals surface area (Å²) in [5.41, 5.74) is 0.186. The molecule has 1 aliphatic heterocycles. The number of hydrogen-bond acceptors (Lipinski definition) is 4. The van der Waals surface area contributed by atoms with Gasteiger partial charge in [0.2, 0.25) is 0 Å². The number of carbonyl (C=O) groups is 1. The Morgan fingerprint density at radius 1 is 1.24 bits per heavy atom. The fourth-order valence-electron chi connectivity index (χ4n) is 3.03. The average molecular weight is 290 g/mol. The Hall–Kier alpha value is -1.39. The molecule has 1 saturated heterocycles. The molecule has 1 aromatic rings. The molecule has 0 amide bonds. The van der Waals surface area contributed by atoms with Gasteiger partial charge in [0.05, 0.1) is 6.61 Å². The van der Waals surface area contributed by atoms with Crippen molar-refractivity contribution in [1.29, 1.82) is 0 Å². The summed E-state index contributed by atoms with van der Waals surface area (Å²) in [5.74, 6) is -0.190. The van der Waals surface area contributed by atoms with Crippen LogP contribution < -0.4 is 5.32 Å². The molecule has 2 rings (SSSR count). The normalized spacial score (nSPS) is 19.0. The number of likely N-dealkylation sites (N-methyl/N-ethyl adjacent to an activating group) is 1. The van der Waals surface area contributed by atoms with Gasteiger partial charge in [0.25, 0.3) is 0 Å². The zero-order valence-electron chi connectivity index (χ0n) is 13.1. The number of carbonyl (C=O) groups excluding carboxylic acids is 1. The molecule has 4 nitrogen and oxygen atoms in total. The van der Waals surface area contributed by atoms with E-state index in [4.69, 9.17) is 4.74 Å². The highest BCUT2D eigenvalue weighted by atomic mass is 16.5. The third-order valence-electron chi connectivity index (χ3n) is 4.23. The fourth-order valence-corrected chi connectivity index (χ4v) is 3.03. The molecule has 0 saturated carbocycles. The van der Waals surface area contributed by atoms with Gasteiger partial charge in [-0.15, -0.1) is 0 Å². The molecule has 1 fully saturated rings. The molecule has 1 aromatic carbocycles. The van der Waals surface area contributed by atoms with Crippen LogP contribution in [-0.2, 0) is 15.1 Å². The van der Waals surface area contributed by atoms with E-state index in [1.54, 1.807) is 0 Å². The van der Waals surface area contributed by atoms with Gasteiger partial charge in [0.1, 0.15) is 0 Å². The summed E-state index contributed by atoms with van der Waals surface area (Å²) in [6.07, 6.45) is 3.70. The summed E-state index contributed by atoms with van der Waals surface area (Å²) in [7, 11) is 1.84. The van der Waals surface area contributed by atoms with E-state index >= 15 is 0 Å². The van der Waals surface area contributed by atoms with E-state index < -0.39 is 5.54 Å². The number of benzene rings is 1. The van der Waals surface area contributed by atoms with Crippen molar-refractivity contribution in [2.75, 3.05) is 33.3 Å². The van der Waals surface area contributed by atoms with Crippen molar-refractivity contribution in [3.8, 4) is 0 Å². The lowest BCUT2D eigenvalue weighted by atomic mass is 9.88. The summed E-state index contributed by atoms with van der Waals surface area (Å²) in [5, 5.41) is 3.25. The smallest absolute Gasteiger partial charge is 0.332 e. The lowest BCUT2D eigenvalue weighted by Crippen LogP contribution is -2.56. The van der Waals surface area contributed by atoms with E-state index in [1.807, 2.05) is 44.3 Å². The number of piperidine rings is 1. The van der Waals surface area contributed by atoms with Crippen LogP contribution in [0.4, 0.5) is 0 Å². The second-order valence-corrected chi connectivity index (χ2v) is 5.58. The second kappa shape index (κ2) is 7.57. The van der Waals surface area contributed by atoms with E-state index in [2.05, 4.69) is 10.2 Å². The van der Waals surface area contributed by atoms with Gasteiger partial charge < -0.3 is 15.0 Å². The van der Waals surface area contributed by atoms with Crippen LogP contribution in [0.25, 0.3) is 0 Å². The number of nitrogens with zero attached hydrogens (tertiary/aromatic N) is 1. The second-order valence-electron chi connectivity index (χ2n) is 5.58. The summed E-state index contributed by atoms with van der Waals surface area (Å²) in [6, 6.07) is 9.90. The molecule has 1 aliphatic rings. The maximum absolute atomic E-state index is 12.7. The van der Waals surface area contributed by atoms with Crippen molar-refractivity contribution >= 4 is 5.97 Å². The number of hydrogen-bond donors (Lipinski definition) is 1. The Balaban J connectivity index is 2.29. The van der Waals surface area contributed by atoms with Crippen molar-refractivity contribution in [2.45, 2.75) is 31.7 Å². The van der Waals surface area contributed by atoms with E-state index in [-0.39, 0.29) is 5.97 Å². The Kier molecular flexibility index (Phi) is 5.76. The summed E-state index contributed by atoms with van der Waals surface area (Å²) >= 11 is 0. The fraction of sp³-hybridized carbons (Fsp3) is 0.588. The molecule has 0 bridgehead atoms. The summed E-state index contributed by atoms with van der Waals surface area (Å²) in [4.78, 5) is 15.0. The van der Waals surface area contributed by atoms with Gasteiger partial charge in [-0.1, -0.05) is 36.8 Å². The molecule has 1 unspecified atom stereocenters. The number of esters is 1. The van der Waals surface area contributed by atoms with Gasteiger partial charge in [0, 0.05) is 6.54 Å². The Morgan fingerprint density at radius 2 is 1.90 bits per heavy atom. The molecular formula is C17H26N2O2. The first-order chi connectivity index (χ1) is 10.2. The predicted octanol–water partition coefficient (Wildman–Crippen LogP) is 2.15. The summed E-state index contributed by atoms with van der Waals surface area (Å²) < 4.78 is 5.37. The van der Waals surface area contributed by atoms with Gasteiger partial charge in [-0.2, -0.15) is 0 Å². The van der Waals surface area contributed by atoms with Crippen LogP contribution in [0.5, 0.6) is 0 Å². The largest absolute Gasteiger partial charge is 0.464 e. The van der Waals surface area contributed by atoms with E-state index in [0.29, 0.717) is 13.2 Å². The van der Waals surface area contributed by atoms with Crippen LogP contribution in [0.1, 0.15) is 31.7 Å². The molecule has 1 N–H and O–H groups in total. The van der Waals surface area contributed by atoms with Crippen molar-refractivity contribution in [3.05, 3.63) is 35.9 Å². The van der Waals surface area contributed by atoms with Crippen molar-refractivity contribution in [2.24, 2.45) is 0 Å². The van der Waals surface area contributed by atoms with Gasteiger partial charge in [0.15, 0.2) is 5.54 Å². The van der Waals surface area contributed by atoms with Crippen LogP contribution in [-0.4, -0.2) is 44.2 Å². The van der Waals surface area contributed by atoms with Gasteiger partial charge in [-0.3, -0.25) is 0 Å². The Bertz CT molecular complexity index is 443. The highest BCUT2D eigenvalue weighted by Gasteiger charge is 2.42. The van der Waals surface area contributed by atoms with E-state index in [0.717, 1.165) is 18.7 Å². The van der Waals surface area contributed by atoms with Crippen LogP contribution in [0.2, 0.25) is 0 Å². The zero-order chi connectivity index (χ0) is 15.1. The highest BCUT2D eigenvalue weighted by Crippen LogP contribution is 2.25. The molecule has 0 aromatic heterocycles. The number of rotatable bonds is 6. The maximum Gasteiger partial charge on any atom is 0.332 e. The zero-order valence-corrected chi connectivity index (χ0v) is 13.1. The molecular weight excluding hydrogens is 264 g/mol. The highest BCUT2D eigenvalue weighted by molar-refractivity contribution is 5.83. The van der Waals surface area contributed by atoms with Gasteiger partial charge >= 0.3 is 5.97 Å². The first-order valence-electron chi connectivity index (χ1n) is 7.87. The van der Waals surface area contributed by atoms with Crippen LogP contribution in [0, 0.1) is 0 Å². The van der Waals surface area contributed by atoms with Crippen molar-refractivity contribution in [1.82, 2.24) is 10.2 Å². The number of likely N-dealkylation sites (tertiary alicyclic amines) is 1. The molecule has 4 heteroatoms. The number of ether oxygens (including phenoxy) is 1. The first-order valence-corrected chi connectivity index (χ1v) is 7.87. The third kappa shape index (κ3) is 3.63. The van der Waals surface area contributed by atoms with Crippen LogP contribution in [0.3, 0.4) is 0 Å². The standard InChI is InChI=1S/C17H26N2O2/c1-3-21-16(20)17(18-2,15-10-6-4-7-11-15)14-19-12-8-5-9-13-19/h4,6-7,10-11,18H,3,5,8-9,12-14H2,1-2H3. The van der Waals surface area contributed by atoms with Gasteiger partial charge in [-0.25, -0.2) is 4.79 Å². The molecule has 1 heterocycles. The van der Waals surface area contributed by atoms with Crippen LogP contribution in [0.15, 0.2) is 30.3 Å². The monoisotopic (exact) mass is 290 g/mol. The molecule has 116 valence electrons. The lowest BCUT2D eigenvalue weighted by molar-refractivity contribution is -0.152. The topological polar surface area (TPSA) is 41.6 Å². The van der Waals surface area contributed by atoms with E-state index in [1.165, 1.54) is 19.3 Å². The van der Waals surface area contributed by atoms with E-state index in [9.17, 15) is 4.79 Å². The molecule has 1 atom stereocenters. The maximum atomic E-state index is 12.7. The quantitative estimate of drug-likeness (QED) is 0.815. The van der Waals surface area contributed by atoms with Gasteiger partial charge in [-0.05, 0) is 45.5 Å². The third-order valence-corrected chi connectivity index (χ3v) is 4.23. The Morgan fingerprint density at radius 3 is 2.48 bits per heavy atom. The minimum atomic E-state index is -0.783. The molecule has 0 spiro atoms. The SMILES string of the molecule is CCOC(=O)C(CN1CCCCC1)(NC)c1ccccc1. The summed E-state index contributed by atoms with van der Waals surface area (Å²) in [6.45, 7) is 5.01. The average Bonchev–Trinajstić information content (AvgIpc) is 2.54. The molecule has 0 aliphatic carbocycles. The molecule has 0 radical (unpaired) electrons. The molecule has 21 heavy (non-hydrogen) atoms. The first kappa shape index (κ1) is 16.0. The van der Waals surface area contributed by atoms with Crippen molar-refractivity contribution in [3.63, 3.8) is 0 Å². The van der Waals surface area contributed by atoms with Crippen molar-refractivity contribution < 1.29 is 9.53 Å². The number of nitrogens with one attached hydrogen (secondary N) is 1. The Labute approximate surface area is 127 Å². The minimum absolute atomic E-state index is 0.190. The minimum Gasteiger partial charge on any atom is -0.464 e.